The summed E-state index contributed by atoms with van der Waals surface area (Å²) in [6.07, 6.45) is 1.11. The highest BCUT2D eigenvalue weighted by molar-refractivity contribution is 6.30. The number of anilines is 2. The number of nitrogens with zero attached hydrogens (tertiary/aromatic N) is 2. The Morgan fingerprint density at radius 1 is 1.25 bits per heavy atom. The Labute approximate surface area is 124 Å². The first kappa shape index (κ1) is 13.3. The molecule has 20 heavy (non-hydrogen) atoms. The van der Waals surface area contributed by atoms with Crippen LogP contribution in [-0.2, 0) is 0 Å². The lowest BCUT2D eigenvalue weighted by atomic mass is 10.2. The zero-order valence-corrected chi connectivity index (χ0v) is 12.3. The molecule has 1 N–H and O–H groups in total. The van der Waals surface area contributed by atoms with Gasteiger partial charge in [0, 0.05) is 35.5 Å². The molecular formula is C16H18ClN3. The largest absolute Gasteiger partial charge is 0.369 e. The summed E-state index contributed by atoms with van der Waals surface area (Å²) in [6.45, 7) is 4.04. The van der Waals surface area contributed by atoms with Crippen LogP contribution in [-0.4, -0.2) is 24.1 Å². The van der Waals surface area contributed by atoms with Crippen LogP contribution >= 0.6 is 11.6 Å². The van der Waals surface area contributed by atoms with Gasteiger partial charge in [0.1, 0.15) is 5.82 Å². The second kappa shape index (κ2) is 5.71. The van der Waals surface area contributed by atoms with Gasteiger partial charge in [-0.15, -0.1) is 0 Å². The van der Waals surface area contributed by atoms with Gasteiger partial charge in [-0.25, -0.2) is 4.98 Å². The summed E-state index contributed by atoms with van der Waals surface area (Å²) in [6, 6.07) is 14.5. The van der Waals surface area contributed by atoms with Gasteiger partial charge in [-0.2, -0.15) is 0 Å². The van der Waals surface area contributed by atoms with E-state index in [9.17, 15) is 0 Å². The van der Waals surface area contributed by atoms with Crippen molar-refractivity contribution < 1.29 is 0 Å². The minimum Gasteiger partial charge on any atom is -0.369 e. The van der Waals surface area contributed by atoms with Crippen molar-refractivity contribution in [1.82, 2.24) is 4.98 Å². The van der Waals surface area contributed by atoms with E-state index in [0.29, 0.717) is 6.04 Å². The predicted octanol–water partition coefficient (Wildman–Crippen LogP) is 3.73. The summed E-state index contributed by atoms with van der Waals surface area (Å²) in [7, 11) is 0. The average molecular weight is 288 g/mol. The molecular weight excluding hydrogens is 270 g/mol. The van der Waals surface area contributed by atoms with Crippen molar-refractivity contribution in [3.8, 4) is 0 Å². The van der Waals surface area contributed by atoms with Crippen LogP contribution in [0.3, 0.4) is 0 Å². The van der Waals surface area contributed by atoms with E-state index in [4.69, 9.17) is 11.6 Å². The van der Waals surface area contributed by atoms with E-state index >= 15 is 0 Å². The predicted molar refractivity (Wildman–Crippen MR) is 84.7 cm³/mol. The maximum absolute atomic E-state index is 6.05. The molecule has 0 spiro atoms. The zero-order valence-electron chi connectivity index (χ0n) is 11.5. The van der Waals surface area contributed by atoms with E-state index in [-0.39, 0.29) is 0 Å². The zero-order chi connectivity index (χ0) is 13.9. The van der Waals surface area contributed by atoms with Crippen LogP contribution in [0.2, 0.25) is 5.02 Å². The average Bonchev–Trinajstić information content (AvgIpc) is 2.87. The molecule has 3 nitrogen and oxygen atoms in total. The van der Waals surface area contributed by atoms with Crippen LogP contribution in [0.5, 0.6) is 0 Å². The summed E-state index contributed by atoms with van der Waals surface area (Å²) >= 11 is 6.05. The van der Waals surface area contributed by atoms with Gasteiger partial charge in [0.25, 0.3) is 0 Å². The van der Waals surface area contributed by atoms with Crippen LogP contribution < -0.4 is 10.2 Å². The molecule has 2 heterocycles. The maximum Gasteiger partial charge on any atom is 0.126 e. The molecule has 0 aliphatic carbocycles. The second-order valence-electron chi connectivity index (χ2n) is 5.22. The van der Waals surface area contributed by atoms with Crippen molar-refractivity contribution >= 4 is 23.1 Å². The van der Waals surface area contributed by atoms with Crippen molar-refractivity contribution in [3.05, 3.63) is 53.2 Å². The summed E-state index contributed by atoms with van der Waals surface area (Å²) < 4.78 is 0. The second-order valence-corrected chi connectivity index (χ2v) is 5.66. The number of hydrogen-bond donors (Lipinski definition) is 1. The Bertz CT molecular complexity index is 600. The summed E-state index contributed by atoms with van der Waals surface area (Å²) in [5, 5.41) is 4.30. The smallest absolute Gasteiger partial charge is 0.126 e. The van der Waals surface area contributed by atoms with Gasteiger partial charge in [-0.05, 0) is 43.7 Å². The molecule has 1 aromatic carbocycles. The quantitative estimate of drug-likeness (QED) is 0.932. The van der Waals surface area contributed by atoms with E-state index < -0.39 is 0 Å². The summed E-state index contributed by atoms with van der Waals surface area (Å²) in [4.78, 5) is 6.86. The van der Waals surface area contributed by atoms with Crippen LogP contribution in [0.15, 0.2) is 42.5 Å². The third-order valence-electron chi connectivity index (χ3n) is 3.60. The van der Waals surface area contributed by atoms with E-state index in [1.54, 1.807) is 0 Å². The first-order valence-electron chi connectivity index (χ1n) is 6.91. The molecule has 1 atom stereocenters. The molecule has 1 fully saturated rings. The lowest BCUT2D eigenvalue weighted by Gasteiger charge is -2.19. The lowest BCUT2D eigenvalue weighted by Crippen LogP contribution is -2.26. The number of benzene rings is 1. The third-order valence-corrected chi connectivity index (χ3v) is 3.84. The normalized spacial score (nSPS) is 18.3. The Balaban J connectivity index is 1.65. The van der Waals surface area contributed by atoms with Crippen LogP contribution in [0.1, 0.15) is 12.1 Å². The summed E-state index contributed by atoms with van der Waals surface area (Å²) in [5.74, 6) is 0.961. The maximum atomic E-state index is 6.05. The molecule has 1 aliphatic heterocycles. The molecule has 4 heteroatoms. The van der Waals surface area contributed by atoms with Crippen molar-refractivity contribution in [3.63, 3.8) is 0 Å². The monoisotopic (exact) mass is 287 g/mol. The minimum atomic E-state index is 0.434. The van der Waals surface area contributed by atoms with Gasteiger partial charge in [-0.3, -0.25) is 0 Å². The van der Waals surface area contributed by atoms with Gasteiger partial charge in [0.2, 0.25) is 0 Å². The SMILES string of the molecule is Cc1cccc(NC2CCN(c3cccc(Cl)c3)C2)n1. The van der Waals surface area contributed by atoms with E-state index in [0.717, 1.165) is 36.0 Å². The van der Waals surface area contributed by atoms with Gasteiger partial charge in [-0.1, -0.05) is 23.7 Å². The fourth-order valence-corrected chi connectivity index (χ4v) is 2.80. The molecule has 0 bridgehead atoms. The van der Waals surface area contributed by atoms with E-state index in [1.165, 1.54) is 5.69 Å². The first-order chi connectivity index (χ1) is 9.70. The minimum absolute atomic E-state index is 0.434. The van der Waals surface area contributed by atoms with Gasteiger partial charge < -0.3 is 10.2 Å². The Morgan fingerprint density at radius 2 is 2.10 bits per heavy atom. The number of aryl methyl sites for hydroxylation is 1. The Morgan fingerprint density at radius 3 is 2.90 bits per heavy atom. The molecule has 0 radical (unpaired) electrons. The van der Waals surface area contributed by atoms with Crippen molar-refractivity contribution in [2.45, 2.75) is 19.4 Å². The number of aromatic nitrogens is 1. The first-order valence-corrected chi connectivity index (χ1v) is 7.29. The molecule has 104 valence electrons. The highest BCUT2D eigenvalue weighted by Gasteiger charge is 2.22. The molecule has 1 unspecified atom stereocenters. The van der Waals surface area contributed by atoms with Gasteiger partial charge in [0.05, 0.1) is 0 Å². The molecule has 0 saturated carbocycles. The Hall–Kier alpha value is -1.74. The standard InChI is InChI=1S/C16H18ClN3/c1-12-4-2-7-16(18-12)19-14-8-9-20(11-14)15-6-3-5-13(17)10-15/h2-7,10,14H,8-9,11H2,1H3,(H,18,19). The third kappa shape index (κ3) is 3.05. The van der Waals surface area contributed by atoms with Crippen LogP contribution in [0, 0.1) is 6.92 Å². The highest BCUT2D eigenvalue weighted by atomic mass is 35.5. The molecule has 3 rings (SSSR count). The highest BCUT2D eigenvalue weighted by Crippen LogP contribution is 2.24. The number of hydrogen-bond acceptors (Lipinski definition) is 3. The fraction of sp³-hybridized carbons (Fsp3) is 0.312. The van der Waals surface area contributed by atoms with Crippen LogP contribution in [0.4, 0.5) is 11.5 Å². The topological polar surface area (TPSA) is 28.2 Å². The molecule has 0 amide bonds. The number of nitrogens with one attached hydrogen (secondary N) is 1. The molecule has 1 aliphatic rings. The van der Waals surface area contributed by atoms with Crippen LogP contribution in [0.25, 0.3) is 0 Å². The summed E-state index contributed by atoms with van der Waals surface area (Å²) in [5.41, 5.74) is 2.23. The molecule has 1 aromatic heterocycles. The molecule has 1 saturated heterocycles. The number of pyridine rings is 1. The molecule has 2 aromatic rings. The Kier molecular flexibility index (Phi) is 3.79. The van der Waals surface area contributed by atoms with E-state index in [1.807, 2.05) is 43.3 Å². The lowest BCUT2D eigenvalue weighted by molar-refractivity contribution is 0.800. The van der Waals surface area contributed by atoms with Crippen molar-refractivity contribution in [2.75, 3.05) is 23.3 Å². The number of rotatable bonds is 3. The van der Waals surface area contributed by atoms with E-state index in [2.05, 4.69) is 21.3 Å². The van der Waals surface area contributed by atoms with Gasteiger partial charge in [0.15, 0.2) is 0 Å². The van der Waals surface area contributed by atoms with Crippen molar-refractivity contribution in [2.24, 2.45) is 0 Å². The fourth-order valence-electron chi connectivity index (χ4n) is 2.62. The van der Waals surface area contributed by atoms with Gasteiger partial charge >= 0.3 is 0 Å². The van der Waals surface area contributed by atoms with Crippen molar-refractivity contribution in [1.29, 1.82) is 0 Å². The number of halogens is 1.